The van der Waals surface area contributed by atoms with Gasteiger partial charge in [0, 0.05) is 25.7 Å². The molecule has 0 bridgehead atoms. The first-order valence-electron chi connectivity index (χ1n) is 6.10. The fourth-order valence-electron chi connectivity index (χ4n) is 3.18. The summed E-state index contributed by atoms with van der Waals surface area (Å²) in [5.41, 5.74) is 0. The predicted octanol–water partition coefficient (Wildman–Crippen LogP) is 0.608. The van der Waals surface area contributed by atoms with Crippen LogP contribution in [0, 0.1) is 11.8 Å². The highest BCUT2D eigenvalue weighted by molar-refractivity contribution is 7.07. The summed E-state index contributed by atoms with van der Waals surface area (Å²) < 4.78 is 3.77. The van der Waals surface area contributed by atoms with Gasteiger partial charge in [-0.3, -0.25) is 4.79 Å². The van der Waals surface area contributed by atoms with E-state index in [-0.39, 0.29) is 5.91 Å². The highest BCUT2D eigenvalue weighted by Crippen LogP contribution is 2.35. The molecule has 5 nitrogen and oxygen atoms in total. The lowest BCUT2D eigenvalue weighted by atomic mass is 9.93. The molecule has 2 saturated heterocycles. The van der Waals surface area contributed by atoms with Gasteiger partial charge in [0.25, 0.3) is 5.91 Å². The Balaban J connectivity index is 1.81. The summed E-state index contributed by atoms with van der Waals surface area (Å²) in [4.78, 5) is 15.0. The van der Waals surface area contributed by atoms with Gasteiger partial charge in [0.05, 0.1) is 6.20 Å². The average Bonchev–Trinajstić information content (AvgIpc) is 3.03. The highest BCUT2D eigenvalue weighted by Gasteiger charge is 2.45. The van der Waals surface area contributed by atoms with Crippen molar-refractivity contribution in [2.75, 3.05) is 19.6 Å². The standard InChI is InChI=1S/C11H16N4OS/c1-2-9-8-4-12-3-7(8)6-15(9)11(16)10-5-13-14-17-10/h5,7-9,12H,2-4,6H2,1H3. The van der Waals surface area contributed by atoms with Crippen molar-refractivity contribution in [1.82, 2.24) is 19.8 Å². The van der Waals surface area contributed by atoms with Gasteiger partial charge in [0.2, 0.25) is 0 Å². The summed E-state index contributed by atoms with van der Waals surface area (Å²) in [6.45, 7) is 5.14. The van der Waals surface area contributed by atoms with Crippen LogP contribution in [0.25, 0.3) is 0 Å². The number of hydrogen-bond acceptors (Lipinski definition) is 5. The predicted molar refractivity (Wildman–Crippen MR) is 64.9 cm³/mol. The van der Waals surface area contributed by atoms with Crippen LogP contribution >= 0.6 is 11.5 Å². The Morgan fingerprint density at radius 2 is 2.53 bits per heavy atom. The minimum Gasteiger partial charge on any atom is -0.334 e. The van der Waals surface area contributed by atoms with Crippen LogP contribution in [0.1, 0.15) is 23.0 Å². The molecule has 0 radical (unpaired) electrons. The SMILES string of the molecule is CCC1C2CNCC2CN1C(=O)c1cnns1. The van der Waals surface area contributed by atoms with Gasteiger partial charge in [-0.05, 0) is 29.8 Å². The van der Waals surface area contributed by atoms with E-state index in [1.54, 1.807) is 6.20 Å². The maximum atomic E-state index is 12.3. The van der Waals surface area contributed by atoms with Crippen LogP contribution in [-0.2, 0) is 0 Å². The molecule has 2 aliphatic rings. The molecule has 0 saturated carbocycles. The minimum atomic E-state index is 0.112. The molecule has 17 heavy (non-hydrogen) atoms. The molecule has 0 aliphatic carbocycles. The number of amides is 1. The Hall–Kier alpha value is -1.01. The summed E-state index contributed by atoms with van der Waals surface area (Å²) >= 11 is 1.19. The number of carbonyl (C=O) groups excluding carboxylic acids is 1. The molecule has 1 N–H and O–H groups in total. The van der Waals surface area contributed by atoms with E-state index in [4.69, 9.17) is 0 Å². The summed E-state index contributed by atoms with van der Waals surface area (Å²) in [6, 6.07) is 0.379. The lowest BCUT2D eigenvalue weighted by molar-refractivity contribution is 0.0716. The first-order chi connectivity index (χ1) is 8.31. The van der Waals surface area contributed by atoms with Crippen molar-refractivity contribution < 1.29 is 4.79 Å². The molecule has 0 aromatic carbocycles. The zero-order valence-corrected chi connectivity index (χ0v) is 10.6. The monoisotopic (exact) mass is 252 g/mol. The molecule has 0 spiro atoms. The average molecular weight is 252 g/mol. The third kappa shape index (κ3) is 1.75. The Kier molecular flexibility index (Phi) is 2.84. The summed E-state index contributed by atoms with van der Waals surface area (Å²) in [5.74, 6) is 1.37. The van der Waals surface area contributed by atoms with Crippen LogP contribution in [0.4, 0.5) is 0 Å². The lowest BCUT2D eigenvalue weighted by Gasteiger charge is -2.26. The van der Waals surface area contributed by atoms with Crippen molar-refractivity contribution in [3.8, 4) is 0 Å². The molecule has 6 heteroatoms. The van der Waals surface area contributed by atoms with Crippen LogP contribution < -0.4 is 5.32 Å². The molecule has 3 unspecified atom stereocenters. The number of likely N-dealkylation sites (tertiary alicyclic amines) is 1. The lowest BCUT2D eigenvalue weighted by Crippen LogP contribution is -2.39. The van der Waals surface area contributed by atoms with Crippen molar-refractivity contribution in [2.24, 2.45) is 11.8 Å². The molecule has 1 aromatic heterocycles. The van der Waals surface area contributed by atoms with E-state index in [0.717, 1.165) is 26.1 Å². The third-order valence-electron chi connectivity index (χ3n) is 3.97. The van der Waals surface area contributed by atoms with Gasteiger partial charge in [-0.2, -0.15) is 0 Å². The molecule has 3 atom stereocenters. The maximum absolute atomic E-state index is 12.3. The van der Waals surface area contributed by atoms with Gasteiger partial charge in [-0.1, -0.05) is 11.4 Å². The third-order valence-corrected chi connectivity index (χ3v) is 4.62. The molecule has 92 valence electrons. The topological polar surface area (TPSA) is 58.1 Å². The Morgan fingerprint density at radius 3 is 3.24 bits per heavy atom. The van der Waals surface area contributed by atoms with Gasteiger partial charge >= 0.3 is 0 Å². The van der Waals surface area contributed by atoms with Gasteiger partial charge in [0.15, 0.2) is 0 Å². The fourth-order valence-corrected chi connectivity index (χ4v) is 3.65. The smallest absolute Gasteiger partial charge is 0.267 e. The van der Waals surface area contributed by atoms with Crippen LogP contribution in [0.15, 0.2) is 6.20 Å². The van der Waals surface area contributed by atoms with Crippen molar-refractivity contribution in [1.29, 1.82) is 0 Å². The Morgan fingerprint density at radius 1 is 1.65 bits per heavy atom. The first-order valence-corrected chi connectivity index (χ1v) is 6.87. The van der Waals surface area contributed by atoms with Crippen LogP contribution in [0.2, 0.25) is 0 Å². The fraction of sp³-hybridized carbons (Fsp3) is 0.727. The van der Waals surface area contributed by atoms with Crippen LogP contribution in [-0.4, -0.2) is 46.1 Å². The Labute approximate surface area is 104 Å². The summed E-state index contributed by atoms with van der Waals surface area (Å²) in [7, 11) is 0. The summed E-state index contributed by atoms with van der Waals surface area (Å²) in [5, 5.41) is 7.17. The van der Waals surface area contributed by atoms with Gasteiger partial charge in [0.1, 0.15) is 4.88 Å². The number of nitrogens with zero attached hydrogens (tertiary/aromatic N) is 3. The van der Waals surface area contributed by atoms with E-state index in [9.17, 15) is 4.79 Å². The van der Waals surface area contributed by atoms with E-state index in [1.807, 2.05) is 4.90 Å². The maximum Gasteiger partial charge on any atom is 0.267 e. The number of carbonyl (C=O) groups is 1. The van der Waals surface area contributed by atoms with Gasteiger partial charge in [-0.15, -0.1) is 5.10 Å². The van der Waals surface area contributed by atoms with E-state index < -0.39 is 0 Å². The zero-order valence-electron chi connectivity index (χ0n) is 9.80. The number of rotatable bonds is 2. The van der Waals surface area contributed by atoms with Crippen LogP contribution in [0.5, 0.6) is 0 Å². The molecule has 2 aliphatic heterocycles. The quantitative estimate of drug-likeness (QED) is 0.838. The minimum absolute atomic E-state index is 0.112. The van der Waals surface area contributed by atoms with E-state index >= 15 is 0 Å². The second-order valence-corrected chi connectivity index (χ2v) is 5.58. The molecule has 1 amide bonds. The number of nitrogens with one attached hydrogen (secondary N) is 1. The second-order valence-electron chi connectivity index (χ2n) is 4.80. The highest BCUT2D eigenvalue weighted by atomic mass is 32.1. The van der Waals surface area contributed by atoms with Crippen molar-refractivity contribution >= 4 is 17.4 Å². The van der Waals surface area contributed by atoms with Gasteiger partial charge < -0.3 is 10.2 Å². The normalized spacial score (nSPS) is 31.8. The van der Waals surface area contributed by atoms with E-state index in [2.05, 4.69) is 21.8 Å². The van der Waals surface area contributed by atoms with Crippen molar-refractivity contribution in [2.45, 2.75) is 19.4 Å². The van der Waals surface area contributed by atoms with Crippen molar-refractivity contribution in [3.63, 3.8) is 0 Å². The summed E-state index contributed by atoms with van der Waals surface area (Å²) in [6.07, 6.45) is 2.60. The van der Waals surface area contributed by atoms with Crippen molar-refractivity contribution in [3.05, 3.63) is 11.1 Å². The molecule has 3 heterocycles. The van der Waals surface area contributed by atoms with Gasteiger partial charge in [-0.25, -0.2) is 0 Å². The largest absolute Gasteiger partial charge is 0.334 e. The first kappa shape index (κ1) is 11.1. The molecule has 3 rings (SSSR count). The molecular formula is C11H16N4OS. The van der Waals surface area contributed by atoms with E-state index in [1.165, 1.54) is 11.5 Å². The number of fused-ring (bicyclic) bond motifs is 1. The van der Waals surface area contributed by atoms with Crippen LogP contribution in [0.3, 0.4) is 0 Å². The molecule has 2 fully saturated rings. The molecule has 1 aromatic rings. The Bertz CT molecular complexity index is 408. The molecular weight excluding hydrogens is 236 g/mol. The zero-order chi connectivity index (χ0) is 11.8. The second kappa shape index (κ2) is 4.34. The number of hydrogen-bond donors (Lipinski definition) is 1. The number of aromatic nitrogens is 2. The van der Waals surface area contributed by atoms with E-state index in [0.29, 0.717) is 22.8 Å².